The van der Waals surface area contributed by atoms with Crippen LogP contribution in [0.1, 0.15) is 10.4 Å². The standard InChI is InChI=1S/C13H7BrClN3O2/c14-9-3-1-2-8(11(9)15)12-17-16-10-5-4-7(13(19)20)6-18(10)12/h1-6H,(H,19,20). The van der Waals surface area contributed by atoms with Crippen LogP contribution in [0.2, 0.25) is 5.02 Å². The third-order valence-corrected chi connectivity index (χ3v) is 4.14. The van der Waals surface area contributed by atoms with Crippen LogP contribution in [0.4, 0.5) is 0 Å². The van der Waals surface area contributed by atoms with Crippen molar-refractivity contribution in [3.05, 3.63) is 51.6 Å². The molecule has 20 heavy (non-hydrogen) atoms. The summed E-state index contributed by atoms with van der Waals surface area (Å²) in [5, 5.41) is 17.7. The average molecular weight is 353 g/mol. The summed E-state index contributed by atoms with van der Waals surface area (Å²) in [6, 6.07) is 8.53. The third-order valence-electron chi connectivity index (χ3n) is 2.84. The molecule has 2 heterocycles. The molecule has 0 fully saturated rings. The number of rotatable bonds is 2. The molecule has 0 bridgehead atoms. The monoisotopic (exact) mass is 351 g/mol. The van der Waals surface area contributed by atoms with Crippen molar-refractivity contribution >= 4 is 39.1 Å². The SMILES string of the molecule is O=C(O)c1ccc2nnc(-c3cccc(Br)c3Cl)n2c1. The second-order valence-electron chi connectivity index (χ2n) is 4.08. The van der Waals surface area contributed by atoms with Gasteiger partial charge in [0.2, 0.25) is 0 Å². The van der Waals surface area contributed by atoms with Gasteiger partial charge in [0.05, 0.1) is 10.6 Å². The highest BCUT2D eigenvalue weighted by Crippen LogP contribution is 2.32. The van der Waals surface area contributed by atoms with Gasteiger partial charge in [-0.1, -0.05) is 17.7 Å². The van der Waals surface area contributed by atoms with E-state index in [1.54, 1.807) is 16.5 Å². The third kappa shape index (κ3) is 2.07. The second kappa shape index (κ2) is 4.88. The summed E-state index contributed by atoms with van der Waals surface area (Å²) in [6.45, 7) is 0. The molecule has 3 aromatic rings. The lowest BCUT2D eigenvalue weighted by atomic mass is 10.2. The molecule has 0 aliphatic rings. The summed E-state index contributed by atoms with van der Waals surface area (Å²) >= 11 is 9.59. The second-order valence-corrected chi connectivity index (χ2v) is 5.31. The molecule has 0 aliphatic heterocycles. The summed E-state index contributed by atoms with van der Waals surface area (Å²) in [5.74, 6) is -0.513. The highest BCUT2D eigenvalue weighted by Gasteiger charge is 2.14. The van der Waals surface area contributed by atoms with E-state index in [-0.39, 0.29) is 5.56 Å². The minimum Gasteiger partial charge on any atom is -0.478 e. The van der Waals surface area contributed by atoms with E-state index in [0.29, 0.717) is 22.1 Å². The number of aromatic nitrogens is 3. The zero-order chi connectivity index (χ0) is 14.3. The molecular weight excluding hydrogens is 346 g/mol. The highest BCUT2D eigenvalue weighted by atomic mass is 79.9. The first-order chi connectivity index (χ1) is 9.58. The van der Waals surface area contributed by atoms with Crippen LogP contribution >= 0.6 is 27.5 Å². The number of aromatic carboxylic acids is 1. The molecule has 2 aromatic heterocycles. The van der Waals surface area contributed by atoms with E-state index < -0.39 is 5.97 Å². The predicted molar refractivity (Wildman–Crippen MR) is 78.1 cm³/mol. The summed E-state index contributed by atoms with van der Waals surface area (Å²) in [6.07, 6.45) is 1.48. The number of carbonyl (C=O) groups is 1. The van der Waals surface area contributed by atoms with Gasteiger partial charge in [-0.05, 0) is 40.2 Å². The summed E-state index contributed by atoms with van der Waals surface area (Å²) in [7, 11) is 0. The van der Waals surface area contributed by atoms with Crippen molar-refractivity contribution in [1.29, 1.82) is 0 Å². The van der Waals surface area contributed by atoms with Crippen molar-refractivity contribution in [2.24, 2.45) is 0 Å². The van der Waals surface area contributed by atoms with Crippen LogP contribution in [-0.2, 0) is 0 Å². The van der Waals surface area contributed by atoms with Crippen LogP contribution in [0.15, 0.2) is 41.0 Å². The first-order valence-electron chi connectivity index (χ1n) is 5.60. The molecule has 100 valence electrons. The smallest absolute Gasteiger partial charge is 0.337 e. The Labute approximate surface area is 127 Å². The predicted octanol–water partition coefficient (Wildman–Crippen LogP) is 3.51. The van der Waals surface area contributed by atoms with E-state index in [2.05, 4.69) is 26.1 Å². The molecule has 0 amide bonds. The van der Waals surface area contributed by atoms with Gasteiger partial charge in [0.1, 0.15) is 0 Å². The highest BCUT2D eigenvalue weighted by molar-refractivity contribution is 9.10. The minimum atomic E-state index is -1.01. The summed E-state index contributed by atoms with van der Waals surface area (Å²) in [5.41, 5.74) is 1.39. The Hall–Kier alpha value is -1.92. The number of carboxylic acid groups (broad SMARTS) is 1. The van der Waals surface area contributed by atoms with Gasteiger partial charge in [0.15, 0.2) is 11.5 Å². The van der Waals surface area contributed by atoms with Gasteiger partial charge in [-0.2, -0.15) is 0 Å². The van der Waals surface area contributed by atoms with Crippen LogP contribution in [0.25, 0.3) is 17.0 Å². The Balaban J connectivity index is 2.28. The average Bonchev–Trinajstić information content (AvgIpc) is 2.84. The van der Waals surface area contributed by atoms with Crippen LogP contribution in [0, 0.1) is 0 Å². The fourth-order valence-corrected chi connectivity index (χ4v) is 2.45. The lowest BCUT2D eigenvalue weighted by molar-refractivity contribution is 0.0696. The van der Waals surface area contributed by atoms with Gasteiger partial charge in [-0.25, -0.2) is 4.79 Å². The van der Waals surface area contributed by atoms with Crippen molar-refractivity contribution in [1.82, 2.24) is 14.6 Å². The van der Waals surface area contributed by atoms with Crippen molar-refractivity contribution < 1.29 is 9.90 Å². The lowest BCUT2D eigenvalue weighted by Gasteiger charge is -2.05. The lowest BCUT2D eigenvalue weighted by Crippen LogP contribution is -1.99. The molecule has 5 nitrogen and oxygen atoms in total. The van der Waals surface area contributed by atoms with Gasteiger partial charge in [0, 0.05) is 16.2 Å². The summed E-state index contributed by atoms with van der Waals surface area (Å²) in [4.78, 5) is 11.0. The number of hydrogen-bond donors (Lipinski definition) is 1. The molecule has 3 rings (SSSR count). The Morgan fingerprint density at radius 3 is 2.80 bits per heavy atom. The van der Waals surface area contributed by atoms with Gasteiger partial charge in [0.25, 0.3) is 0 Å². The molecule has 0 aliphatic carbocycles. The molecule has 0 saturated heterocycles. The van der Waals surface area contributed by atoms with Crippen molar-refractivity contribution in [3.8, 4) is 11.4 Å². The van der Waals surface area contributed by atoms with E-state index in [4.69, 9.17) is 16.7 Å². The maximum absolute atomic E-state index is 11.0. The Kier molecular flexibility index (Phi) is 3.19. The molecule has 0 atom stereocenters. The number of carboxylic acids is 1. The van der Waals surface area contributed by atoms with Crippen LogP contribution in [-0.4, -0.2) is 25.7 Å². The van der Waals surface area contributed by atoms with Crippen LogP contribution < -0.4 is 0 Å². The zero-order valence-corrected chi connectivity index (χ0v) is 12.3. The first-order valence-corrected chi connectivity index (χ1v) is 6.77. The number of halogens is 2. The maximum Gasteiger partial charge on any atom is 0.337 e. The van der Waals surface area contributed by atoms with Crippen molar-refractivity contribution in [2.45, 2.75) is 0 Å². The topological polar surface area (TPSA) is 67.5 Å². The van der Waals surface area contributed by atoms with E-state index in [1.807, 2.05) is 12.1 Å². The molecule has 0 spiro atoms. The molecule has 0 radical (unpaired) electrons. The minimum absolute atomic E-state index is 0.157. The normalized spacial score (nSPS) is 10.9. The molecule has 1 aromatic carbocycles. The molecular formula is C13H7BrClN3O2. The van der Waals surface area contributed by atoms with Crippen molar-refractivity contribution in [3.63, 3.8) is 0 Å². The number of nitrogens with zero attached hydrogens (tertiary/aromatic N) is 3. The van der Waals surface area contributed by atoms with Crippen molar-refractivity contribution in [2.75, 3.05) is 0 Å². The Morgan fingerprint density at radius 1 is 1.25 bits per heavy atom. The molecule has 0 unspecified atom stereocenters. The number of hydrogen-bond acceptors (Lipinski definition) is 3. The van der Waals surface area contributed by atoms with E-state index >= 15 is 0 Å². The van der Waals surface area contributed by atoms with Gasteiger partial charge < -0.3 is 5.11 Å². The largest absolute Gasteiger partial charge is 0.478 e. The fraction of sp³-hybridized carbons (Fsp3) is 0. The number of fused-ring (bicyclic) bond motifs is 1. The molecule has 1 N–H and O–H groups in total. The van der Waals surface area contributed by atoms with Gasteiger partial charge in [-0.3, -0.25) is 4.40 Å². The number of pyridine rings is 1. The zero-order valence-electron chi connectivity index (χ0n) is 9.92. The summed E-state index contributed by atoms with van der Waals surface area (Å²) < 4.78 is 2.35. The molecule has 7 heteroatoms. The molecule has 0 saturated carbocycles. The van der Waals surface area contributed by atoms with Crippen LogP contribution in [0.5, 0.6) is 0 Å². The van der Waals surface area contributed by atoms with E-state index in [1.165, 1.54) is 12.3 Å². The van der Waals surface area contributed by atoms with E-state index in [9.17, 15) is 4.79 Å². The quantitative estimate of drug-likeness (QED) is 0.766. The fourth-order valence-electron chi connectivity index (χ4n) is 1.88. The number of benzene rings is 1. The van der Waals surface area contributed by atoms with E-state index in [0.717, 1.165) is 4.47 Å². The first kappa shape index (κ1) is 13.1. The van der Waals surface area contributed by atoms with Gasteiger partial charge >= 0.3 is 5.97 Å². The Morgan fingerprint density at radius 2 is 2.05 bits per heavy atom. The Bertz CT molecular complexity index is 832. The van der Waals surface area contributed by atoms with Crippen LogP contribution in [0.3, 0.4) is 0 Å². The van der Waals surface area contributed by atoms with Gasteiger partial charge in [-0.15, -0.1) is 10.2 Å². The maximum atomic E-state index is 11.0.